The van der Waals surface area contributed by atoms with Crippen molar-refractivity contribution >= 4 is 11.8 Å². The Balaban J connectivity index is 2.12. The molecule has 2 aromatic rings. The van der Waals surface area contributed by atoms with Crippen LogP contribution in [-0.2, 0) is 6.42 Å². The highest BCUT2D eigenvalue weighted by Gasteiger charge is 2.14. The molecule has 112 valence electrons. The fourth-order valence-corrected chi connectivity index (χ4v) is 2.81. The lowest BCUT2D eigenvalue weighted by Crippen LogP contribution is -2.04. The van der Waals surface area contributed by atoms with Gasteiger partial charge in [-0.15, -0.1) is 11.8 Å². The van der Waals surface area contributed by atoms with E-state index in [1.807, 2.05) is 24.3 Å². The van der Waals surface area contributed by atoms with Crippen molar-refractivity contribution in [3.05, 3.63) is 59.4 Å². The molecule has 0 saturated heterocycles. The van der Waals surface area contributed by atoms with Crippen LogP contribution in [0, 0.1) is 5.82 Å². The summed E-state index contributed by atoms with van der Waals surface area (Å²) >= 11 is 1.75. The number of hydrogen-bond donors (Lipinski definition) is 1. The van der Waals surface area contributed by atoms with E-state index >= 15 is 0 Å². The highest BCUT2D eigenvalue weighted by molar-refractivity contribution is 7.99. The number of ether oxygens (including phenoxy) is 1. The molecule has 1 unspecified atom stereocenters. The van der Waals surface area contributed by atoms with Gasteiger partial charge in [0.05, 0.1) is 13.2 Å². The van der Waals surface area contributed by atoms with Crippen molar-refractivity contribution in [3.8, 4) is 5.75 Å². The third kappa shape index (κ3) is 3.99. The minimum atomic E-state index is -0.729. The van der Waals surface area contributed by atoms with Crippen molar-refractivity contribution in [1.82, 2.24) is 0 Å². The summed E-state index contributed by atoms with van der Waals surface area (Å²) in [7, 11) is 1.43. The van der Waals surface area contributed by atoms with Gasteiger partial charge in [0.15, 0.2) is 11.6 Å². The molecule has 0 aliphatic heterocycles. The Labute approximate surface area is 129 Å². The molecule has 4 heteroatoms. The maximum atomic E-state index is 14.1. The first kappa shape index (κ1) is 15.9. The molecule has 0 bridgehead atoms. The molecule has 21 heavy (non-hydrogen) atoms. The molecule has 0 spiro atoms. The van der Waals surface area contributed by atoms with Crippen LogP contribution in [0.1, 0.15) is 24.2 Å². The summed E-state index contributed by atoms with van der Waals surface area (Å²) in [6.45, 7) is 2.10. The summed E-state index contributed by atoms with van der Waals surface area (Å²) in [6.07, 6.45) is -0.504. The van der Waals surface area contributed by atoms with Crippen LogP contribution in [0.5, 0.6) is 5.75 Å². The van der Waals surface area contributed by atoms with Gasteiger partial charge in [-0.2, -0.15) is 0 Å². The van der Waals surface area contributed by atoms with Gasteiger partial charge < -0.3 is 9.84 Å². The van der Waals surface area contributed by atoms with Gasteiger partial charge >= 0.3 is 0 Å². The second kappa shape index (κ2) is 7.48. The maximum Gasteiger partial charge on any atom is 0.168 e. The standard InChI is InChI=1S/C17H19FO2S/c1-3-21-14-9-7-12(8-10-14)15(19)11-13-5-4-6-16(20-2)17(13)18/h4-10,15,19H,3,11H2,1-2H3. The summed E-state index contributed by atoms with van der Waals surface area (Å²) in [5.41, 5.74) is 1.24. The molecule has 0 aliphatic rings. The molecule has 1 atom stereocenters. The molecule has 0 saturated carbocycles. The summed E-state index contributed by atoms with van der Waals surface area (Å²) < 4.78 is 19.0. The zero-order chi connectivity index (χ0) is 15.2. The maximum absolute atomic E-state index is 14.1. The van der Waals surface area contributed by atoms with E-state index < -0.39 is 11.9 Å². The number of benzene rings is 2. The molecular weight excluding hydrogens is 287 g/mol. The Morgan fingerprint density at radius 2 is 1.90 bits per heavy atom. The molecule has 0 aromatic heterocycles. The number of aliphatic hydroxyl groups is 1. The summed E-state index contributed by atoms with van der Waals surface area (Å²) in [6, 6.07) is 12.7. The highest BCUT2D eigenvalue weighted by atomic mass is 32.2. The molecule has 1 N–H and O–H groups in total. The van der Waals surface area contributed by atoms with Crippen molar-refractivity contribution in [2.75, 3.05) is 12.9 Å². The van der Waals surface area contributed by atoms with Crippen LogP contribution in [0.3, 0.4) is 0 Å². The van der Waals surface area contributed by atoms with Crippen LogP contribution in [0.25, 0.3) is 0 Å². The lowest BCUT2D eigenvalue weighted by molar-refractivity contribution is 0.177. The Morgan fingerprint density at radius 3 is 2.52 bits per heavy atom. The van der Waals surface area contributed by atoms with Crippen molar-refractivity contribution in [3.63, 3.8) is 0 Å². The van der Waals surface area contributed by atoms with Crippen molar-refractivity contribution < 1.29 is 14.2 Å². The summed E-state index contributed by atoms with van der Waals surface area (Å²) in [5, 5.41) is 10.3. The molecule has 0 aliphatic carbocycles. The largest absolute Gasteiger partial charge is 0.494 e. The minimum absolute atomic E-state index is 0.203. The van der Waals surface area contributed by atoms with Gasteiger partial charge in [-0.25, -0.2) is 4.39 Å². The van der Waals surface area contributed by atoms with Crippen LogP contribution >= 0.6 is 11.8 Å². The van der Waals surface area contributed by atoms with Crippen molar-refractivity contribution in [1.29, 1.82) is 0 Å². The average Bonchev–Trinajstić information content (AvgIpc) is 2.50. The van der Waals surface area contributed by atoms with E-state index in [9.17, 15) is 9.50 Å². The third-order valence-corrected chi connectivity index (χ3v) is 4.15. The van der Waals surface area contributed by atoms with Crippen LogP contribution in [0.2, 0.25) is 0 Å². The topological polar surface area (TPSA) is 29.5 Å². The SMILES string of the molecule is CCSc1ccc(C(O)Cc2cccc(OC)c2F)cc1. The normalized spacial score (nSPS) is 12.2. The minimum Gasteiger partial charge on any atom is -0.494 e. The van der Waals surface area contributed by atoms with Crippen molar-refractivity contribution in [2.24, 2.45) is 0 Å². The second-order valence-electron chi connectivity index (χ2n) is 4.66. The van der Waals surface area contributed by atoms with Gasteiger partial charge in [0.2, 0.25) is 0 Å². The summed E-state index contributed by atoms with van der Waals surface area (Å²) in [4.78, 5) is 1.17. The average molecular weight is 306 g/mol. The molecule has 2 rings (SSSR count). The molecule has 0 radical (unpaired) electrons. The van der Waals surface area contributed by atoms with E-state index in [2.05, 4.69) is 6.92 Å². The fourth-order valence-electron chi connectivity index (χ4n) is 2.15. The number of rotatable bonds is 6. The first-order valence-corrected chi connectivity index (χ1v) is 7.86. The van der Waals surface area contributed by atoms with E-state index in [4.69, 9.17) is 4.74 Å². The number of thioether (sulfide) groups is 1. The first-order chi connectivity index (χ1) is 10.2. The van der Waals surface area contributed by atoms with Gasteiger partial charge in [-0.05, 0) is 35.1 Å². The fraction of sp³-hybridized carbons (Fsp3) is 0.294. The molecule has 0 amide bonds. The molecule has 0 heterocycles. The van der Waals surface area contributed by atoms with Gasteiger partial charge in [-0.1, -0.05) is 31.2 Å². The van der Waals surface area contributed by atoms with Crippen LogP contribution in [0.4, 0.5) is 4.39 Å². The molecule has 2 nitrogen and oxygen atoms in total. The first-order valence-electron chi connectivity index (χ1n) is 6.88. The van der Waals surface area contributed by atoms with E-state index in [-0.39, 0.29) is 12.2 Å². The molecule has 0 fully saturated rings. The van der Waals surface area contributed by atoms with E-state index in [0.717, 1.165) is 11.3 Å². The molecular formula is C17H19FO2S. The van der Waals surface area contributed by atoms with Gasteiger partial charge in [0, 0.05) is 11.3 Å². The van der Waals surface area contributed by atoms with Crippen molar-refractivity contribution in [2.45, 2.75) is 24.3 Å². The Kier molecular flexibility index (Phi) is 5.65. The number of hydrogen-bond acceptors (Lipinski definition) is 3. The number of halogens is 1. The third-order valence-electron chi connectivity index (χ3n) is 3.25. The lowest BCUT2D eigenvalue weighted by atomic mass is 10.0. The van der Waals surface area contributed by atoms with E-state index in [1.165, 1.54) is 12.0 Å². The Morgan fingerprint density at radius 1 is 1.19 bits per heavy atom. The lowest BCUT2D eigenvalue weighted by Gasteiger charge is -2.13. The number of aliphatic hydroxyl groups excluding tert-OH is 1. The number of methoxy groups -OCH3 is 1. The zero-order valence-electron chi connectivity index (χ0n) is 12.2. The van der Waals surface area contributed by atoms with Crippen LogP contribution < -0.4 is 4.74 Å². The van der Waals surface area contributed by atoms with Crippen LogP contribution in [-0.4, -0.2) is 18.0 Å². The van der Waals surface area contributed by atoms with Crippen LogP contribution in [0.15, 0.2) is 47.4 Å². The second-order valence-corrected chi connectivity index (χ2v) is 5.99. The zero-order valence-corrected chi connectivity index (χ0v) is 13.0. The van der Waals surface area contributed by atoms with E-state index in [1.54, 1.807) is 30.0 Å². The quantitative estimate of drug-likeness (QED) is 0.810. The van der Waals surface area contributed by atoms with E-state index in [0.29, 0.717) is 5.56 Å². The Bertz CT molecular complexity index is 584. The monoisotopic (exact) mass is 306 g/mol. The van der Waals surface area contributed by atoms with Gasteiger partial charge in [0.25, 0.3) is 0 Å². The highest BCUT2D eigenvalue weighted by Crippen LogP contribution is 2.26. The smallest absolute Gasteiger partial charge is 0.168 e. The van der Waals surface area contributed by atoms with Gasteiger partial charge in [-0.3, -0.25) is 0 Å². The molecule has 2 aromatic carbocycles. The predicted molar refractivity (Wildman–Crippen MR) is 84.5 cm³/mol. The Hall–Kier alpha value is -1.52. The predicted octanol–water partition coefficient (Wildman–Crippen LogP) is 4.22. The summed E-state index contributed by atoms with van der Waals surface area (Å²) in [5.74, 6) is 0.809. The van der Waals surface area contributed by atoms with Gasteiger partial charge in [0.1, 0.15) is 0 Å².